The van der Waals surface area contributed by atoms with Gasteiger partial charge in [-0.15, -0.1) is 11.3 Å². The summed E-state index contributed by atoms with van der Waals surface area (Å²) in [6, 6.07) is 0.709. The van der Waals surface area contributed by atoms with Gasteiger partial charge < -0.3 is 5.32 Å². The van der Waals surface area contributed by atoms with Gasteiger partial charge in [-0.1, -0.05) is 12.2 Å². The van der Waals surface area contributed by atoms with Gasteiger partial charge in [-0.2, -0.15) is 0 Å². The van der Waals surface area contributed by atoms with Crippen LogP contribution in [0.3, 0.4) is 0 Å². The number of rotatable bonds is 3. The lowest BCUT2D eigenvalue weighted by molar-refractivity contribution is 0.162. The number of allylic oxidation sites excluding steroid dienone is 1. The van der Waals surface area contributed by atoms with E-state index in [9.17, 15) is 0 Å². The first kappa shape index (κ1) is 8.62. The van der Waals surface area contributed by atoms with Crippen molar-refractivity contribution in [2.24, 2.45) is 11.8 Å². The normalized spacial score (nSPS) is 34.1. The highest BCUT2D eigenvalue weighted by molar-refractivity contribution is 7.07. The van der Waals surface area contributed by atoms with Gasteiger partial charge in [0.1, 0.15) is 0 Å². The molecule has 2 aliphatic rings. The molecular formula is C11H14N2S. The van der Waals surface area contributed by atoms with Crippen LogP contribution in [0.4, 0.5) is 0 Å². The highest BCUT2D eigenvalue weighted by Gasteiger charge is 2.40. The molecule has 1 heterocycles. The maximum absolute atomic E-state index is 4.27. The average Bonchev–Trinajstić information content (AvgIpc) is 2.76. The molecule has 0 amide bonds. The summed E-state index contributed by atoms with van der Waals surface area (Å²) in [7, 11) is 0. The number of nitrogens with zero attached hydrogens (tertiary/aromatic N) is 1. The molecule has 1 fully saturated rings. The minimum absolute atomic E-state index is 0.709. The van der Waals surface area contributed by atoms with Crippen LogP contribution >= 0.6 is 11.3 Å². The third-order valence-corrected chi connectivity index (χ3v) is 4.03. The van der Waals surface area contributed by atoms with E-state index in [1.165, 1.54) is 18.5 Å². The Balaban J connectivity index is 1.52. The summed E-state index contributed by atoms with van der Waals surface area (Å²) in [4.78, 5) is 4.27. The maximum Gasteiger partial charge on any atom is 0.0795 e. The first-order valence-electron chi connectivity index (χ1n) is 5.20. The van der Waals surface area contributed by atoms with Crippen LogP contribution < -0.4 is 5.32 Å². The van der Waals surface area contributed by atoms with Crippen molar-refractivity contribution < 1.29 is 0 Å². The Morgan fingerprint density at radius 1 is 1.57 bits per heavy atom. The van der Waals surface area contributed by atoms with Gasteiger partial charge in [-0.05, 0) is 24.7 Å². The van der Waals surface area contributed by atoms with E-state index in [0.29, 0.717) is 6.04 Å². The SMILES string of the molecule is C1=CC2C(C1)CC2NCc1cscn1. The molecular weight excluding hydrogens is 192 g/mol. The first-order valence-corrected chi connectivity index (χ1v) is 6.15. The van der Waals surface area contributed by atoms with Gasteiger partial charge in [-0.3, -0.25) is 0 Å². The Morgan fingerprint density at radius 2 is 2.57 bits per heavy atom. The fourth-order valence-corrected chi connectivity index (χ4v) is 3.07. The molecule has 0 spiro atoms. The number of nitrogens with one attached hydrogen (secondary N) is 1. The lowest BCUT2D eigenvalue weighted by Crippen LogP contribution is -2.47. The fraction of sp³-hybridized carbons (Fsp3) is 0.545. The largest absolute Gasteiger partial charge is 0.308 e. The van der Waals surface area contributed by atoms with Crippen LogP contribution in [0.1, 0.15) is 18.5 Å². The van der Waals surface area contributed by atoms with E-state index in [2.05, 4.69) is 27.8 Å². The number of fused-ring (bicyclic) bond motifs is 1. The molecule has 3 heteroatoms. The van der Waals surface area contributed by atoms with E-state index in [0.717, 1.165) is 18.4 Å². The zero-order chi connectivity index (χ0) is 9.38. The molecule has 0 aromatic carbocycles. The first-order chi connectivity index (χ1) is 6.93. The summed E-state index contributed by atoms with van der Waals surface area (Å²) >= 11 is 1.67. The van der Waals surface area contributed by atoms with Crippen LogP contribution in [0, 0.1) is 11.8 Å². The van der Waals surface area contributed by atoms with Gasteiger partial charge >= 0.3 is 0 Å². The summed E-state index contributed by atoms with van der Waals surface area (Å²) in [5.74, 6) is 1.76. The summed E-state index contributed by atoms with van der Waals surface area (Å²) < 4.78 is 0. The van der Waals surface area contributed by atoms with Crippen molar-refractivity contribution in [3.05, 3.63) is 28.7 Å². The molecule has 14 heavy (non-hydrogen) atoms. The number of aromatic nitrogens is 1. The zero-order valence-corrected chi connectivity index (χ0v) is 8.83. The van der Waals surface area contributed by atoms with Crippen LogP contribution in [0.5, 0.6) is 0 Å². The number of hydrogen-bond donors (Lipinski definition) is 1. The second-order valence-electron chi connectivity index (χ2n) is 4.20. The highest BCUT2D eigenvalue weighted by atomic mass is 32.1. The van der Waals surface area contributed by atoms with Gasteiger partial charge in [0.25, 0.3) is 0 Å². The molecule has 0 radical (unpaired) electrons. The van der Waals surface area contributed by atoms with E-state index in [4.69, 9.17) is 0 Å². The second kappa shape index (κ2) is 3.48. The third kappa shape index (κ3) is 1.41. The van der Waals surface area contributed by atoms with Crippen LogP contribution in [-0.2, 0) is 6.54 Å². The molecule has 1 N–H and O–H groups in total. The minimum Gasteiger partial charge on any atom is -0.308 e. The number of thiazole rings is 1. The molecule has 74 valence electrons. The molecule has 2 aliphatic carbocycles. The monoisotopic (exact) mass is 206 g/mol. The fourth-order valence-electron chi connectivity index (χ4n) is 2.51. The average molecular weight is 206 g/mol. The molecule has 1 saturated carbocycles. The third-order valence-electron chi connectivity index (χ3n) is 3.39. The molecule has 0 aliphatic heterocycles. The Morgan fingerprint density at radius 3 is 3.36 bits per heavy atom. The smallest absolute Gasteiger partial charge is 0.0795 e. The quantitative estimate of drug-likeness (QED) is 0.767. The lowest BCUT2D eigenvalue weighted by Gasteiger charge is -2.40. The van der Waals surface area contributed by atoms with E-state index in [1.807, 2.05) is 5.51 Å². The van der Waals surface area contributed by atoms with Crippen molar-refractivity contribution in [3.63, 3.8) is 0 Å². The molecule has 3 atom stereocenters. The minimum atomic E-state index is 0.709. The van der Waals surface area contributed by atoms with Crippen molar-refractivity contribution in [2.75, 3.05) is 0 Å². The van der Waals surface area contributed by atoms with E-state index in [-0.39, 0.29) is 0 Å². The standard InChI is InChI=1S/C11H14N2S/c1-2-8-4-11(10(8)3-1)12-5-9-6-14-7-13-9/h1,3,6-8,10-12H,2,4-5H2. The lowest BCUT2D eigenvalue weighted by atomic mass is 9.71. The Bertz CT molecular complexity index is 331. The van der Waals surface area contributed by atoms with Crippen molar-refractivity contribution in [1.82, 2.24) is 10.3 Å². The zero-order valence-electron chi connectivity index (χ0n) is 8.02. The van der Waals surface area contributed by atoms with Gasteiger partial charge in [0.05, 0.1) is 11.2 Å². The topological polar surface area (TPSA) is 24.9 Å². The van der Waals surface area contributed by atoms with Crippen LogP contribution in [0.2, 0.25) is 0 Å². The molecule has 0 bridgehead atoms. The second-order valence-corrected chi connectivity index (χ2v) is 4.92. The summed E-state index contributed by atoms with van der Waals surface area (Å²) in [6.45, 7) is 0.936. The summed E-state index contributed by atoms with van der Waals surface area (Å²) in [5.41, 5.74) is 3.08. The van der Waals surface area contributed by atoms with Gasteiger partial charge in [-0.25, -0.2) is 4.98 Å². The van der Waals surface area contributed by atoms with Gasteiger partial charge in [0, 0.05) is 18.0 Å². The molecule has 2 nitrogen and oxygen atoms in total. The van der Waals surface area contributed by atoms with E-state index < -0.39 is 0 Å². The van der Waals surface area contributed by atoms with Crippen molar-refractivity contribution >= 4 is 11.3 Å². The van der Waals surface area contributed by atoms with Crippen LogP contribution in [0.15, 0.2) is 23.0 Å². The molecule has 1 aromatic heterocycles. The Hall–Kier alpha value is -0.670. The molecule has 3 unspecified atom stereocenters. The summed E-state index contributed by atoms with van der Waals surface area (Å²) in [5, 5.41) is 5.70. The Kier molecular flexibility index (Phi) is 2.14. The van der Waals surface area contributed by atoms with E-state index in [1.54, 1.807) is 11.3 Å². The van der Waals surface area contributed by atoms with Crippen molar-refractivity contribution in [2.45, 2.75) is 25.4 Å². The predicted molar refractivity (Wildman–Crippen MR) is 58.1 cm³/mol. The Labute approximate surface area is 88.1 Å². The highest BCUT2D eigenvalue weighted by Crippen LogP contribution is 2.42. The molecule has 0 saturated heterocycles. The van der Waals surface area contributed by atoms with Gasteiger partial charge in [0.2, 0.25) is 0 Å². The van der Waals surface area contributed by atoms with Crippen molar-refractivity contribution in [3.8, 4) is 0 Å². The van der Waals surface area contributed by atoms with Gasteiger partial charge in [0.15, 0.2) is 0 Å². The number of hydrogen-bond acceptors (Lipinski definition) is 3. The molecule has 3 rings (SSSR count). The predicted octanol–water partition coefficient (Wildman–Crippen LogP) is 2.20. The summed E-state index contributed by atoms with van der Waals surface area (Å²) in [6.07, 6.45) is 7.37. The van der Waals surface area contributed by atoms with E-state index >= 15 is 0 Å². The molecule has 1 aromatic rings. The van der Waals surface area contributed by atoms with Crippen LogP contribution in [0.25, 0.3) is 0 Å². The van der Waals surface area contributed by atoms with Crippen molar-refractivity contribution in [1.29, 1.82) is 0 Å². The maximum atomic E-state index is 4.27. The van der Waals surface area contributed by atoms with Crippen LogP contribution in [-0.4, -0.2) is 11.0 Å².